The minimum absolute atomic E-state index is 0.107. The molecule has 0 aliphatic heterocycles. The van der Waals surface area contributed by atoms with Crippen molar-refractivity contribution in [2.24, 2.45) is 0 Å². The number of carboxylic acid groups (broad SMARTS) is 4. The van der Waals surface area contributed by atoms with Gasteiger partial charge in [-0.2, -0.15) is 0 Å². The van der Waals surface area contributed by atoms with Crippen LogP contribution in [0.15, 0.2) is 18.2 Å². The van der Waals surface area contributed by atoms with Gasteiger partial charge in [-0.1, -0.05) is 103 Å². The van der Waals surface area contributed by atoms with Gasteiger partial charge in [0.25, 0.3) is 11.8 Å². The van der Waals surface area contributed by atoms with E-state index in [9.17, 15) is 33.6 Å². The highest BCUT2D eigenvalue weighted by atomic mass is 16.5. The molecular formula is C52H88N4O12. The quantitative estimate of drug-likeness (QED) is 0.0263. The van der Waals surface area contributed by atoms with E-state index >= 15 is 0 Å². The van der Waals surface area contributed by atoms with E-state index in [1.165, 1.54) is 25.3 Å². The summed E-state index contributed by atoms with van der Waals surface area (Å²) >= 11 is 0. The van der Waals surface area contributed by atoms with Crippen LogP contribution in [0.5, 0.6) is 0 Å². The van der Waals surface area contributed by atoms with Gasteiger partial charge in [0.15, 0.2) is 0 Å². The molecule has 0 radical (unpaired) electrons. The number of ether oxygens (including phenoxy) is 1. The van der Waals surface area contributed by atoms with Gasteiger partial charge in [-0.3, -0.25) is 28.8 Å². The maximum absolute atomic E-state index is 13.4. The summed E-state index contributed by atoms with van der Waals surface area (Å²) in [6, 6.07) is 4.39. The molecule has 1 aromatic rings. The van der Waals surface area contributed by atoms with Crippen LogP contribution >= 0.6 is 0 Å². The number of amides is 2. The number of nitrogens with one attached hydrogen (secondary N) is 2. The number of carbonyl (C=O) groups is 7. The lowest BCUT2D eigenvalue weighted by atomic mass is 10.0. The van der Waals surface area contributed by atoms with Crippen LogP contribution in [0, 0.1) is 0 Å². The molecule has 388 valence electrons. The number of esters is 1. The van der Waals surface area contributed by atoms with E-state index in [0.29, 0.717) is 51.6 Å². The number of benzene rings is 1. The zero-order chi connectivity index (χ0) is 50.0. The van der Waals surface area contributed by atoms with Gasteiger partial charge in [0, 0.05) is 49.9 Å². The summed E-state index contributed by atoms with van der Waals surface area (Å²) in [5.74, 6) is -4.44. The highest BCUT2D eigenvalue weighted by Crippen LogP contribution is 2.15. The molecular weight excluding hydrogens is 873 g/mol. The molecule has 1 rings (SSSR count). The fraction of sp³-hybridized carbons (Fsp3) is 0.750. The van der Waals surface area contributed by atoms with E-state index in [-0.39, 0.29) is 42.4 Å². The van der Waals surface area contributed by atoms with Crippen molar-refractivity contribution in [3.8, 4) is 0 Å². The topological polar surface area (TPSA) is 240 Å². The standard InChI is InChI=1S/C52H88N4O12/c1-68-52(67)45-41-43(50(65)53-32-26-38-55(34-22-14-6-2-10-18-28-46(57)58)35-23-15-7-3-11-19-29-47(59)60)40-44(42-45)51(66)54-33-27-39-56(36-24-16-8-4-12-20-30-48(61)62)37-25-17-9-5-13-21-31-49(63)64/h40-42H,2-39H2,1H3,(H,53,65)(H,54,66)(H,57,58)(H,59,60)(H,61,62)(H,63,64). The fourth-order valence-electron chi connectivity index (χ4n) is 8.28. The number of hydrogen-bond acceptors (Lipinski definition) is 10. The molecule has 1 aromatic carbocycles. The molecule has 0 atom stereocenters. The Labute approximate surface area is 406 Å². The van der Waals surface area contributed by atoms with Gasteiger partial charge in [0.2, 0.25) is 0 Å². The maximum Gasteiger partial charge on any atom is 0.337 e. The number of nitrogens with zero attached hydrogens (tertiary/aromatic N) is 2. The molecule has 2 amide bonds. The molecule has 0 bridgehead atoms. The Morgan fingerprint density at radius 3 is 0.868 bits per heavy atom. The number of unbranched alkanes of at least 4 members (excludes halogenated alkanes) is 20. The van der Waals surface area contributed by atoms with E-state index in [0.717, 1.165) is 168 Å². The van der Waals surface area contributed by atoms with Crippen molar-refractivity contribution < 1.29 is 58.7 Å². The average molecular weight is 961 g/mol. The summed E-state index contributed by atoms with van der Waals surface area (Å²) in [6.45, 7) is 6.10. The summed E-state index contributed by atoms with van der Waals surface area (Å²) in [5, 5.41) is 41.4. The number of hydrogen-bond donors (Lipinski definition) is 6. The number of carboxylic acids is 4. The van der Waals surface area contributed by atoms with Crippen molar-refractivity contribution in [1.29, 1.82) is 0 Å². The zero-order valence-corrected chi connectivity index (χ0v) is 41.6. The highest BCUT2D eigenvalue weighted by molar-refractivity contribution is 6.03. The van der Waals surface area contributed by atoms with Crippen molar-refractivity contribution in [3.63, 3.8) is 0 Å². The Hall–Kier alpha value is -4.57. The van der Waals surface area contributed by atoms with Crippen LogP contribution in [0.1, 0.15) is 224 Å². The van der Waals surface area contributed by atoms with Crippen LogP contribution < -0.4 is 10.6 Å². The molecule has 0 aliphatic carbocycles. The lowest BCUT2D eigenvalue weighted by molar-refractivity contribution is -0.138. The molecule has 68 heavy (non-hydrogen) atoms. The third kappa shape index (κ3) is 35.6. The molecule has 0 unspecified atom stereocenters. The van der Waals surface area contributed by atoms with Crippen molar-refractivity contribution >= 4 is 41.7 Å². The largest absolute Gasteiger partial charge is 0.481 e. The predicted molar refractivity (Wildman–Crippen MR) is 264 cm³/mol. The van der Waals surface area contributed by atoms with Crippen molar-refractivity contribution in [3.05, 3.63) is 34.9 Å². The van der Waals surface area contributed by atoms with Gasteiger partial charge in [-0.25, -0.2) is 4.79 Å². The van der Waals surface area contributed by atoms with Crippen LogP contribution in [-0.4, -0.2) is 131 Å². The van der Waals surface area contributed by atoms with Crippen LogP contribution in [-0.2, 0) is 23.9 Å². The number of rotatable bonds is 47. The fourth-order valence-corrected chi connectivity index (χ4v) is 8.28. The van der Waals surface area contributed by atoms with Gasteiger partial charge in [-0.05, 0) is 122 Å². The van der Waals surface area contributed by atoms with Crippen molar-refractivity contribution in [2.45, 2.75) is 193 Å². The van der Waals surface area contributed by atoms with Crippen LogP contribution in [0.25, 0.3) is 0 Å². The molecule has 0 spiro atoms. The molecule has 0 aliphatic rings. The number of methoxy groups -OCH3 is 1. The molecule has 16 heteroatoms. The molecule has 16 nitrogen and oxygen atoms in total. The molecule has 0 saturated heterocycles. The normalized spacial score (nSPS) is 11.2. The molecule has 0 aromatic heterocycles. The second-order valence-electron chi connectivity index (χ2n) is 18.3. The van der Waals surface area contributed by atoms with Crippen LogP contribution in [0.4, 0.5) is 0 Å². The van der Waals surface area contributed by atoms with Crippen molar-refractivity contribution in [1.82, 2.24) is 20.4 Å². The Morgan fingerprint density at radius 1 is 0.368 bits per heavy atom. The monoisotopic (exact) mass is 961 g/mol. The van der Waals surface area contributed by atoms with E-state index in [2.05, 4.69) is 20.4 Å². The number of aliphatic carboxylic acids is 4. The highest BCUT2D eigenvalue weighted by Gasteiger charge is 2.17. The van der Waals surface area contributed by atoms with Crippen molar-refractivity contribution in [2.75, 3.05) is 59.5 Å². The molecule has 0 saturated carbocycles. The van der Waals surface area contributed by atoms with Gasteiger partial charge in [0.1, 0.15) is 0 Å². The third-order valence-corrected chi connectivity index (χ3v) is 12.2. The van der Waals surface area contributed by atoms with E-state index in [1.807, 2.05) is 0 Å². The zero-order valence-electron chi connectivity index (χ0n) is 41.6. The Morgan fingerprint density at radius 2 is 0.603 bits per heavy atom. The molecule has 0 fully saturated rings. The Balaban J connectivity index is 2.75. The summed E-state index contributed by atoms with van der Waals surface area (Å²) in [6.07, 6.45) is 25.5. The smallest absolute Gasteiger partial charge is 0.337 e. The first-order chi connectivity index (χ1) is 32.8. The molecule has 6 N–H and O–H groups in total. The van der Waals surface area contributed by atoms with Gasteiger partial charge >= 0.3 is 29.8 Å². The van der Waals surface area contributed by atoms with Crippen LogP contribution in [0.2, 0.25) is 0 Å². The maximum atomic E-state index is 13.4. The first-order valence-electron chi connectivity index (χ1n) is 25.9. The third-order valence-electron chi connectivity index (χ3n) is 12.2. The lowest BCUT2D eigenvalue weighted by Crippen LogP contribution is -2.32. The first-order valence-corrected chi connectivity index (χ1v) is 25.9. The number of carbonyl (C=O) groups excluding carboxylic acids is 3. The Bertz CT molecular complexity index is 1410. The minimum Gasteiger partial charge on any atom is -0.481 e. The predicted octanol–water partition coefficient (Wildman–Crippen LogP) is 9.58. The van der Waals surface area contributed by atoms with E-state index in [1.54, 1.807) is 0 Å². The summed E-state index contributed by atoms with van der Waals surface area (Å²) < 4.78 is 4.95. The summed E-state index contributed by atoms with van der Waals surface area (Å²) in [7, 11) is 1.25. The second kappa shape index (κ2) is 41.4. The van der Waals surface area contributed by atoms with Gasteiger partial charge < -0.3 is 45.6 Å². The first kappa shape index (κ1) is 61.4. The summed E-state index contributed by atoms with van der Waals surface area (Å²) in [4.78, 5) is 87.5. The van der Waals surface area contributed by atoms with E-state index < -0.39 is 41.7 Å². The van der Waals surface area contributed by atoms with Crippen LogP contribution in [0.3, 0.4) is 0 Å². The lowest BCUT2D eigenvalue weighted by Gasteiger charge is -2.22. The van der Waals surface area contributed by atoms with Gasteiger partial charge in [0.05, 0.1) is 12.7 Å². The SMILES string of the molecule is COC(=O)c1cc(C(=O)NCCCN(CCCCCCCCC(=O)O)CCCCCCCCC(=O)O)cc(C(=O)NCCCN(CCCCCCCCC(=O)O)CCCCCCCCC(=O)O)c1. The Kier molecular flexibility index (Phi) is 37.4. The average Bonchev–Trinajstić information content (AvgIpc) is 3.30. The second-order valence-corrected chi connectivity index (χ2v) is 18.3. The summed E-state index contributed by atoms with van der Waals surface area (Å²) in [5.41, 5.74) is 0.489. The van der Waals surface area contributed by atoms with E-state index in [4.69, 9.17) is 25.2 Å². The molecule has 0 heterocycles. The van der Waals surface area contributed by atoms with Gasteiger partial charge in [-0.15, -0.1) is 0 Å². The minimum atomic E-state index is -0.752.